The van der Waals surface area contributed by atoms with Gasteiger partial charge < -0.3 is 5.32 Å². The Kier molecular flexibility index (Phi) is 3.78. The smallest absolute Gasteiger partial charge is 0.0205 e. The second-order valence-electron chi connectivity index (χ2n) is 5.27. The molecule has 0 atom stereocenters. The first-order valence-electron chi connectivity index (χ1n) is 5.82. The van der Waals surface area contributed by atoms with Crippen molar-refractivity contribution in [2.24, 2.45) is 11.8 Å². The SMILES string of the molecule is CC(C)CCCNC1(C(C)C)CC1. The largest absolute Gasteiger partial charge is 0.311 e. The lowest BCUT2D eigenvalue weighted by molar-refractivity contribution is 0.369. The molecule has 0 saturated heterocycles. The Morgan fingerprint density at radius 3 is 2.15 bits per heavy atom. The van der Waals surface area contributed by atoms with E-state index in [9.17, 15) is 0 Å². The van der Waals surface area contributed by atoms with E-state index < -0.39 is 0 Å². The van der Waals surface area contributed by atoms with Crippen LogP contribution in [0.3, 0.4) is 0 Å². The van der Waals surface area contributed by atoms with Gasteiger partial charge in [0.1, 0.15) is 0 Å². The molecule has 13 heavy (non-hydrogen) atoms. The molecule has 0 spiro atoms. The van der Waals surface area contributed by atoms with E-state index in [0.29, 0.717) is 5.54 Å². The normalized spacial score (nSPS) is 19.8. The minimum Gasteiger partial charge on any atom is -0.311 e. The Hall–Kier alpha value is -0.0400. The van der Waals surface area contributed by atoms with Gasteiger partial charge in [0.2, 0.25) is 0 Å². The fourth-order valence-corrected chi connectivity index (χ4v) is 1.94. The first kappa shape index (κ1) is 11.0. The van der Waals surface area contributed by atoms with Gasteiger partial charge >= 0.3 is 0 Å². The van der Waals surface area contributed by atoms with Gasteiger partial charge in [0.05, 0.1) is 0 Å². The van der Waals surface area contributed by atoms with Crippen molar-refractivity contribution in [3.8, 4) is 0 Å². The van der Waals surface area contributed by atoms with Crippen molar-refractivity contribution in [3.05, 3.63) is 0 Å². The molecule has 78 valence electrons. The van der Waals surface area contributed by atoms with Crippen molar-refractivity contribution in [3.63, 3.8) is 0 Å². The summed E-state index contributed by atoms with van der Waals surface area (Å²) in [5.41, 5.74) is 0.539. The molecular formula is C12H25N. The van der Waals surface area contributed by atoms with Crippen LogP contribution in [-0.2, 0) is 0 Å². The zero-order chi connectivity index (χ0) is 9.90. The summed E-state index contributed by atoms with van der Waals surface area (Å²) in [5, 5.41) is 3.72. The van der Waals surface area contributed by atoms with Crippen LogP contribution in [0.5, 0.6) is 0 Å². The fraction of sp³-hybridized carbons (Fsp3) is 1.00. The van der Waals surface area contributed by atoms with E-state index >= 15 is 0 Å². The molecule has 0 aliphatic heterocycles. The summed E-state index contributed by atoms with van der Waals surface area (Å²) in [5.74, 6) is 1.67. The maximum atomic E-state index is 3.72. The van der Waals surface area contributed by atoms with Gasteiger partial charge in [-0.2, -0.15) is 0 Å². The Balaban J connectivity index is 2.06. The molecule has 0 radical (unpaired) electrons. The van der Waals surface area contributed by atoms with Crippen molar-refractivity contribution in [2.75, 3.05) is 6.54 Å². The molecule has 1 rings (SSSR count). The third-order valence-electron chi connectivity index (χ3n) is 3.33. The molecule has 1 nitrogen and oxygen atoms in total. The predicted octanol–water partition coefficient (Wildman–Crippen LogP) is 3.20. The molecule has 1 aliphatic rings. The quantitative estimate of drug-likeness (QED) is 0.624. The summed E-state index contributed by atoms with van der Waals surface area (Å²) < 4.78 is 0. The molecule has 0 aromatic carbocycles. The Bertz CT molecular complexity index is 145. The summed E-state index contributed by atoms with van der Waals surface area (Å²) in [6.45, 7) is 10.5. The summed E-state index contributed by atoms with van der Waals surface area (Å²) in [4.78, 5) is 0. The summed E-state index contributed by atoms with van der Waals surface area (Å²) in [7, 11) is 0. The van der Waals surface area contributed by atoms with Gasteiger partial charge in [-0.15, -0.1) is 0 Å². The summed E-state index contributed by atoms with van der Waals surface area (Å²) >= 11 is 0. The number of hydrogen-bond donors (Lipinski definition) is 1. The van der Waals surface area contributed by atoms with Crippen molar-refractivity contribution >= 4 is 0 Å². The lowest BCUT2D eigenvalue weighted by Crippen LogP contribution is -2.36. The minimum atomic E-state index is 0.539. The van der Waals surface area contributed by atoms with Crippen LogP contribution >= 0.6 is 0 Å². The lowest BCUT2D eigenvalue weighted by atomic mass is 10.0. The number of nitrogens with one attached hydrogen (secondary N) is 1. The van der Waals surface area contributed by atoms with Crippen LogP contribution in [0, 0.1) is 11.8 Å². The van der Waals surface area contributed by atoms with Gasteiger partial charge in [0.25, 0.3) is 0 Å². The maximum absolute atomic E-state index is 3.72. The van der Waals surface area contributed by atoms with E-state index in [1.54, 1.807) is 0 Å². The van der Waals surface area contributed by atoms with E-state index in [1.165, 1.54) is 32.2 Å². The predicted molar refractivity (Wildman–Crippen MR) is 58.9 cm³/mol. The highest BCUT2D eigenvalue weighted by Gasteiger charge is 2.44. The zero-order valence-corrected chi connectivity index (χ0v) is 9.69. The van der Waals surface area contributed by atoms with Crippen LogP contribution in [0.4, 0.5) is 0 Å². The third kappa shape index (κ3) is 3.30. The van der Waals surface area contributed by atoms with Crippen molar-refractivity contribution < 1.29 is 0 Å². The monoisotopic (exact) mass is 183 g/mol. The van der Waals surface area contributed by atoms with Crippen molar-refractivity contribution in [1.82, 2.24) is 5.32 Å². The van der Waals surface area contributed by atoms with Gasteiger partial charge in [-0.1, -0.05) is 27.7 Å². The minimum absolute atomic E-state index is 0.539. The van der Waals surface area contributed by atoms with Crippen molar-refractivity contribution in [2.45, 2.75) is 58.9 Å². The lowest BCUT2D eigenvalue weighted by Gasteiger charge is -2.21. The first-order valence-corrected chi connectivity index (χ1v) is 5.82. The summed E-state index contributed by atoms with van der Waals surface area (Å²) in [6.07, 6.45) is 5.49. The molecule has 0 aromatic rings. The Morgan fingerprint density at radius 1 is 1.15 bits per heavy atom. The molecule has 1 aliphatic carbocycles. The van der Waals surface area contributed by atoms with Crippen molar-refractivity contribution in [1.29, 1.82) is 0 Å². The molecule has 1 N–H and O–H groups in total. The summed E-state index contributed by atoms with van der Waals surface area (Å²) in [6, 6.07) is 0. The molecule has 1 heteroatoms. The molecule has 0 amide bonds. The zero-order valence-electron chi connectivity index (χ0n) is 9.69. The van der Waals surface area contributed by atoms with Crippen LogP contribution in [-0.4, -0.2) is 12.1 Å². The van der Waals surface area contributed by atoms with E-state index in [-0.39, 0.29) is 0 Å². The van der Waals surface area contributed by atoms with E-state index in [4.69, 9.17) is 0 Å². The topological polar surface area (TPSA) is 12.0 Å². The van der Waals surface area contributed by atoms with Gasteiger partial charge in [0, 0.05) is 5.54 Å². The van der Waals surface area contributed by atoms with Crippen LogP contribution in [0.2, 0.25) is 0 Å². The highest BCUT2D eigenvalue weighted by atomic mass is 15.0. The van der Waals surface area contributed by atoms with Gasteiger partial charge in [0.15, 0.2) is 0 Å². The molecule has 1 saturated carbocycles. The van der Waals surface area contributed by atoms with E-state index in [1.807, 2.05) is 0 Å². The maximum Gasteiger partial charge on any atom is 0.0205 e. The standard InChI is InChI=1S/C12H25N/c1-10(2)6-5-9-13-12(7-8-12)11(3)4/h10-11,13H,5-9H2,1-4H3. The highest BCUT2D eigenvalue weighted by molar-refractivity contribution is 5.03. The van der Waals surface area contributed by atoms with Crippen LogP contribution in [0.25, 0.3) is 0 Å². The Morgan fingerprint density at radius 2 is 1.77 bits per heavy atom. The van der Waals surface area contributed by atoms with Crippen LogP contribution in [0.15, 0.2) is 0 Å². The average Bonchev–Trinajstić information content (AvgIpc) is 2.78. The molecule has 0 heterocycles. The van der Waals surface area contributed by atoms with E-state index in [2.05, 4.69) is 33.0 Å². The Labute approximate surface area is 83.3 Å². The number of rotatable bonds is 6. The second kappa shape index (κ2) is 4.45. The third-order valence-corrected chi connectivity index (χ3v) is 3.33. The van der Waals surface area contributed by atoms with Gasteiger partial charge in [-0.3, -0.25) is 0 Å². The van der Waals surface area contributed by atoms with E-state index in [0.717, 1.165) is 11.8 Å². The first-order chi connectivity index (χ1) is 6.07. The number of hydrogen-bond acceptors (Lipinski definition) is 1. The average molecular weight is 183 g/mol. The molecular weight excluding hydrogens is 158 g/mol. The molecule has 1 fully saturated rings. The van der Waals surface area contributed by atoms with Gasteiger partial charge in [-0.05, 0) is 44.1 Å². The highest BCUT2D eigenvalue weighted by Crippen LogP contribution is 2.41. The second-order valence-corrected chi connectivity index (χ2v) is 5.27. The molecule has 0 unspecified atom stereocenters. The van der Waals surface area contributed by atoms with Crippen LogP contribution in [0.1, 0.15) is 53.4 Å². The van der Waals surface area contributed by atoms with Crippen LogP contribution < -0.4 is 5.32 Å². The molecule has 0 bridgehead atoms. The fourth-order valence-electron chi connectivity index (χ4n) is 1.94. The van der Waals surface area contributed by atoms with Gasteiger partial charge in [-0.25, -0.2) is 0 Å². The molecule has 0 aromatic heterocycles.